The Morgan fingerprint density at radius 2 is 2.08 bits per heavy atom. The number of hydrogen-bond donors (Lipinski definition) is 3. The highest BCUT2D eigenvalue weighted by Gasteiger charge is 2.36. The molecule has 128 valence electrons. The molecule has 2 heterocycles. The van der Waals surface area contributed by atoms with E-state index in [-0.39, 0.29) is 12.6 Å². The minimum absolute atomic E-state index is 0.0839. The lowest BCUT2D eigenvalue weighted by atomic mass is 10.1. The Morgan fingerprint density at radius 3 is 2.79 bits per heavy atom. The Kier molecular flexibility index (Phi) is 4.94. The van der Waals surface area contributed by atoms with Crippen molar-refractivity contribution in [1.29, 1.82) is 0 Å². The second-order valence-corrected chi connectivity index (χ2v) is 6.00. The third kappa shape index (κ3) is 3.48. The molecular weight excluding hydrogens is 310 g/mol. The fraction of sp³-hybridized carbons (Fsp3) is 0.412. The van der Waals surface area contributed by atoms with E-state index < -0.39 is 23.6 Å². The summed E-state index contributed by atoms with van der Waals surface area (Å²) in [6.07, 6.45) is 1.11. The number of hydrogen-bond acceptors (Lipinski definition) is 5. The number of aryl methyl sites for hydroxylation is 1. The van der Waals surface area contributed by atoms with E-state index in [1.165, 1.54) is 10.8 Å². The fourth-order valence-corrected chi connectivity index (χ4v) is 2.93. The monoisotopic (exact) mass is 331 g/mol. The number of H-pyrrole nitrogens is 1. The zero-order chi connectivity index (χ0) is 17.1. The molecule has 0 amide bonds. The Morgan fingerprint density at radius 1 is 1.33 bits per heavy atom. The summed E-state index contributed by atoms with van der Waals surface area (Å²) in [5.41, 5.74) is 0.678. The number of aliphatic hydroxyl groups is 1. The van der Waals surface area contributed by atoms with Gasteiger partial charge < -0.3 is 15.2 Å². The molecule has 0 aliphatic carbocycles. The maximum Gasteiger partial charge on any atom is 0.330 e. The second-order valence-electron chi connectivity index (χ2n) is 6.00. The van der Waals surface area contributed by atoms with Crippen LogP contribution in [0, 0.1) is 6.92 Å². The average Bonchev–Trinajstić information content (AvgIpc) is 3.00. The predicted molar refractivity (Wildman–Crippen MR) is 88.7 cm³/mol. The fourth-order valence-electron chi connectivity index (χ4n) is 2.93. The molecule has 2 aromatic rings. The summed E-state index contributed by atoms with van der Waals surface area (Å²) in [5, 5.41) is 12.9. The smallest absolute Gasteiger partial charge is 0.330 e. The highest BCUT2D eigenvalue weighted by Crippen LogP contribution is 2.27. The number of ether oxygens (including phenoxy) is 1. The van der Waals surface area contributed by atoms with Gasteiger partial charge in [-0.1, -0.05) is 30.3 Å². The summed E-state index contributed by atoms with van der Waals surface area (Å²) in [6, 6.07) is 9.85. The number of nitrogens with zero attached hydrogens (tertiary/aromatic N) is 1. The average molecular weight is 331 g/mol. The minimum Gasteiger partial charge on any atom is -0.394 e. The Balaban J connectivity index is 1.73. The number of rotatable bonds is 5. The molecule has 0 saturated carbocycles. The maximum atomic E-state index is 12.0. The van der Waals surface area contributed by atoms with Crippen molar-refractivity contribution in [2.45, 2.75) is 38.3 Å². The van der Waals surface area contributed by atoms with Crippen molar-refractivity contribution in [2.75, 3.05) is 6.61 Å². The topological polar surface area (TPSA) is 96.3 Å². The van der Waals surface area contributed by atoms with Gasteiger partial charge in [-0.05, 0) is 12.5 Å². The highest BCUT2D eigenvalue weighted by molar-refractivity contribution is 5.14. The van der Waals surface area contributed by atoms with E-state index >= 15 is 0 Å². The molecule has 1 aliphatic heterocycles. The van der Waals surface area contributed by atoms with Gasteiger partial charge in [-0.3, -0.25) is 14.3 Å². The first-order chi connectivity index (χ1) is 11.6. The van der Waals surface area contributed by atoms with Gasteiger partial charge >= 0.3 is 5.69 Å². The molecule has 7 heteroatoms. The van der Waals surface area contributed by atoms with Gasteiger partial charge in [0.25, 0.3) is 5.56 Å². The number of benzene rings is 1. The van der Waals surface area contributed by atoms with Crippen LogP contribution < -0.4 is 16.6 Å². The van der Waals surface area contributed by atoms with E-state index in [4.69, 9.17) is 4.74 Å². The highest BCUT2D eigenvalue weighted by atomic mass is 16.5. The van der Waals surface area contributed by atoms with E-state index in [1.807, 2.05) is 30.3 Å². The number of aromatic amines is 1. The quantitative estimate of drug-likeness (QED) is 0.731. The lowest BCUT2D eigenvalue weighted by molar-refractivity contribution is -0.0292. The van der Waals surface area contributed by atoms with Crippen LogP contribution >= 0.6 is 0 Å². The van der Waals surface area contributed by atoms with E-state index in [9.17, 15) is 14.7 Å². The van der Waals surface area contributed by atoms with Crippen LogP contribution in [0.4, 0.5) is 0 Å². The second kappa shape index (κ2) is 7.12. The first-order valence-electron chi connectivity index (χ1n) is 7.94. The first kappa shape index (κ1) is 16.6. The Hall–Kier alpha value is -2.22. The van der Waals surface area contributed by atoms with Crippen LogP contribution in [0.2, 0.25) is 0 Å². The van der Waals surface area contributed by atoms with Crippen molar-refractivity contribution in [3.8, 4) is 0 Å². The van der Waals surface area contributed by atoms with Gasteiger partial charge in [-0.25, -0.2) is 4.79 Å². The van der Waals surface area contributed by atoms with Crippen molar-refractivity contribution in [3.63, 3.8) is 0 Å². The standard InChI is InChI=1S/C17H21N3O4/c1-11-9-20(17(23)19-16(11)22)15-7-13(14(10-21)24-15)18-8-12-5-3-2-4-6-12/h2-6,9,13-15,18,21H,7-8,10H2,1H3,(H,19,22,23)/t13-,14-,15-/m1/s1. The predicted octanol–water partition coefficient (Wildman–Crippen LogP) is 0.283. The van der Waals surface area contributed by atoms with Crippen LogP contribution in [0.15, 0.2) is 46.1 Å². The van der Waals surface area contributed by atoms with Gasteiger partial charge in [0.2, 0.25) is 0 Å². The molecule has 1 fully saturated rings. The molecule has 3 rings (SSSR count). The van der Waals surface area contributed by atoms with Crippen molar-refractivity contribution in [3.05, 3.63) is 68.5 Å². The van der Waals surface area contributed by atoms with Gasteiger partial charge in [-0.2, -0.15) is 0 Å². The molecule has 24 heavy (non-hydrogen) atoms. The number of aliphatic hydroxyl groups excluding tert-OH is 1. The molecule has 7 nitrogen and oxygen atoms in total. The third-order valence-electron chi connectivity index (χ3n) is 4.28. The molecule has 1 saturated heterocycles. The molecule has 1 aromatic heterocycles. The van der Waals surface area contributed by atoms with E-state index in [2.05, 4.69) is 10.3 Å². The van der Waals surface area contributed by atoms with Crippen LogP contribution in [-0.4, -0.2) is 33.4 Å². The third-order valence-corrected chi connectivity index (χ3v) is 4.28. The Bertz CT molecular complexity index is 799. The van der Waals surface area contributed by atoms with Crippen molar-refractivity contribution in [1.82, 2.24) is 14.9 Å². The van der Waals surface area contributed by atoms with Gasteiger partial charge in [0, 0.05) is 30.8 Å². The number of nitrogens with one attached hydrogen (secondary N) is 2. The van der Waals surface area contributed by atoms with Gasteiger partial charge in [0.1, 0.15) is 6.23 Å². The molecule has 0 bridgehead atoms. The van der Waals surface area contributed by atoms with Crippen LogP contribution in [0.3, 0.4) is 0 Å². The first-order valence-corrected chi connectivity index (χ1v) is 7.94. The van der Waals surface area contributed by atoms with Crippen LogP contribution in [0.25, 0.3) is 0 Å². The largest absolute Gasteiger partial charge is 0.394 e. The van der Waals surface area contributed by atoms with E-state index in [0.717, 1.165) is 5.56 Å². The molecule has 0 spiro atoms. The lowest BCUT2D eigenvalue weighted by Crippen LogP contribution is -2.37. The summed E-state index contributed by atoms with van der Waals surface area (Å²) < 4.78 is 7.18. The minimum atomic E-state index is -0.515. The normalized spacial score (nSPS) is 23.5. The summed E-state index contributed by atoms with van der Waals surface area (Å²) in [4.78, 5) is 25.8. The molecule has 0 unspecified atom stereocenters. The van der Waals surface area contributed by atoms with E-state index in [0.29, 0.717) is 18.5 Å². The van der Waals surface area contributed by atoms with Gasteiger partial charge in [-0.15, -0.1) is 0 Å². The maximum absolute atomic E-state index is 12.0. The molecule has 0 radical (unpaired) electrons. The van der Waals surface area contributed by atoms with Gasteiger partial charge in [0.05, 0.1) is 12.7 Å². The van der Waals surface area contributed by atoms with Crippen LogP contribution in [-0.2, 0) is 11.3 Å². The zero-order valence-corrected chi connectivity index (χ0v) is 13.4. The van der Waals surface area contributed by atoms with Gasteiger partial charge in [0.15, 0.2) is 0 Å². The van der Waals surface area contributed by atoms with Crippen LogP contribution in [0.5, 0.6) is 0 Å². The SMILES string of the molecule is Cc1cn([C@H]2C[C@@H](NCc3ccccc3)[C@@H](CO)O2)c(=O)[nH]c1=O. The molecule has 1 aromatic carbocycles. The zero-order valence-electron chi connectivity index (χ0n) is 13.4. The summed E-state index contributed by atoms with van der Waals surface area (Å²) in [5.74, 6) is 0. The Labute approximate surface area is 138 Å². The molecule has 3 atom stereocenters. The summed E-state index contributed by atoms with van der Waals surface area (Å²) >= 11 is 0. The van der Waals surface area contributed by atoms with E-state index in [1.54, 1.807) is 6.92 Å². The van der Waals surface area contributed by atoms with Crippen molar-refractivity contribution >= 4 is 0 Å². The molecule has 3 N–H and O–H groups in total. The number of aromatic nitrogens is 2. The van der Waals surface area contributed by atoms with Crippen molar-refractivity contribution < 1.29 is 9.84 Å². The molecular formula is C17H21N3O4. The van der Waals surface area contributed by atoms with Crippen LogP contribution in [0.1, 0.15) is 23.8 Å². The summed E-state index contributed by atoms with van der Waals surface area (Å²) in [6.45, 7) is 2.15. The lowest BCUT2D eigenvalue weighted by Gasteiger charge is -2.17. The summed E-state index contributed by atoms with van der Waals surface area (Å²) in [7, 11) is 0. The van der Waals surface area contributed by atoms with Crippen molar-refractivity contribution in [2.24, 2.45) is 0 Å². The molecule has 1 aliphatic rings.